The van der Waals surface area contributed by atoms with E-state index in [1.165, 1.54) is 6.33 Å². The second-order valence-corrected chi connectivity index (χ2v) is 3.83. The lowest BCUT2D eigenvalue weighted by Gasteiger charge is -2.00. The first kappa shape index (κ1) is 8.60. The van der Waals surface area contributed by atoms with Crippen LogP contribution in [0.3, 0.4) is 0 Å². The summed E-state index contributed by atoms with van der Waals surface area (Å²) in [6, 6.07) is 0.314. The average Bonchev–Trinajstić information content (AvgIpc) is 2.90. The van der Waals surface area contributed by atoms with Crippen LogP contribution in [-0.2, 0) is 0 Å². The Bertz CT molecular complexity index is 508. The smallest absolute Gasteiger partial charge is 0.165 e. The largest absolute Gasteiger partial charge is 0.396 e. The molecule has 0 saturated heterocycles. The summed E-state index contributed by atoms with van der Waals surface area (Å²) in [5, 5.41) is 9.01. The molecular weight excluding hydrogens is 194 g/mol. The lowest BCUT2D eigenvalue weighted by atomic mass is 10.4. The van der Waals surface area contributed by atoms with Crippen molar-refractivity contribution >= 4 is 17.0 Å². The van der Waals surface area contributed by atoms with Crippen LogP contribution in [-0.4, -0.2) is 31.2 Å². The Morgan fingerprint density at radius 1 is 1.47 bits per heavy atom. The minimum atomic E-state index is 0.213. The van der Waals surface area contributed by atoms with Crippen LogP contribution in [0.2, 0.25) is 0 Å². The number of fused-ring (bicyclic) bond motifs is 1. The van der Waals surface area contributed by atoms with Crippen LogP contribution in [0.1, 0.15) is 12.5 Å². The number of nitrogen functional groups attached to an aromatic ring is 1. The highest BCUT2D eigenvalue weighted by Crippen LogP contribution is 2.43. The molecule has 0 amide bonds. The van der Waals surface area contributed by atoms with Crippen LogP contribution in [0.15, 0.2) is 12.7 Å². The lowest BCUT2D eigenvalue weighted by molar-refractivity contribution is 0.269. The lowest BCUT2D eigenvalue weighted by Crippen LogP contribution is -1.99. The van der Waals surface area contributed by atoms with Crippen LogP contribution in [0.4, 0.5) is 5.82 Å². The summed E-state index contributed by atoms with van der Waals surface area (Å²) < 4.78 is 1.97. The Kier molecular flexibility index (Phi) is 1.66. The molecule has 0 radical (unpaired) electrons. The minimum absolute atomic E-state index is 0.213. The first-order valence-electron chi connectivity index (χ1n) is 4.85. The summed E-state index contributed by atoms with van der Waals surface area (Å²) in [5.74, 6) is 0.735. The molecule has 6 heteroatoms. The zero-order valence-corrected chi connectivity index (χ0v) is 8.04. The number of aromatic nitrogens is 4. The van der Waals surface area contributed by atoms with Crippen molar-refractivity contribution in [3.63, 3.8) is 0 Å². The fourth-order valence-electron chi connectivity index (χ4n) is 1.88. The molecule has 6 nitrogen and oxygen atoms in total. The van der Waals surface area contributed by atoms with Gasteiger partial charge in [-0.25, -0.2) is 15.0 Å². The van der Waals surface area contributed by atoms with E-state index in [2.05, 4.69) is 15.0 Å². The van der Waals surface area contributed by atoms with Crippen LogP contribution >= 0.6 is 0 Å². The molecule has 1 saturated carbocycles. The quantitative estimate of drug-likeness (QED) is 0.718. The van der Waals surface area contributed by atoms with E-state index >= 15 is 0 Å². The summed E-state index contributed by atoms with van der Waals surface area (Å²) in [6.45, 7) is 0.213. The van der Waals surface area contributed by atoms with Crippen molar-refractivity contribution in [1.82, 2.24) is 19.5 Å². The first-order valence-corrected chi connectivity index (χ1v) is 4.85. The Morgan fingerprint density at radius 3 is 3.07 bits per heavy atom. The maximum absolute atomic E-state index is 9.01. The van der Waals surface area contributed by atoms with E-state index in [1.54, 1.807) is 6.33 Å². The Morgan fingerprint density at radius 2 is 2.33 bits per heavy atom. The molecule has 3 rings (SSSR count). The number of aliphatic hydroxyl groups is 1. The number of aliphatic hydroxyl groups excluding tert-OH is 1. The van der Waals surface area contributed by atoms with Gasteiger partial charge in [-0.3, -0.25) is 0 Å². The SMILES string of the molecule is Nc1ncnc2c1ncn2[C@H]1C[C@H]1CO. The van der Waals surface area contributed by atoms with Crippen molar-refractivity contribution < 1.29 is 5.11 Å². The maximum atomic E-state index is 9.01. The zero-order chi connectivity index (χ0) is 10.4. The highest BCUT2D eigenvalue weighted by atomic mass is 16.3. The van der Waals surface area contributed by atoms with Crippen molar-refractivity contribution in [1.29, 1.82) is 0 Å². The third-order valence-corrected chi connectivity index (χ3v) is 2.86. The second kappa shape index (κ2) is 2.90. The summed E-state index contributed by atoms with van der Waals surface area (Å²) in [5.41, 5.74) is 7.07. The van der Waals surface area contributed by atoms with Gasteiger partial charge in [0.05, 0.1) is 6.33 Å². The molecule has 0 unspecified atom stereocenters. The van der Waals surface area contributed by atoms with Gasteiger partial charge in [0.15, 0.2) is 11.5 Å². The molecule has 0 bridgehead atoms. The molecular formula is C9H11N5O. The van der Waals surface area contributed by atoms with E-state index < -0.39 is 0 Å². The van der Waals surface area contributed by atoms with Crippen LogP contribution in [0.5, 0.6) is 0 Å². The van der Waals surface area contributed by atoms with Gasteiger partial charge in [-0.15, -0.1) is 0 Å². The molecule has 1 fully saturated rings. The van der Waals surface area contributed by atoms with E-state index in [0.29, 0.717) is 23.3 Å². The van der Waals surface area contributed by atoms with Crippen LogP contribution < -0.4 is 5.73 Å². The Labute approximate surface area is 85.8 Å². The molecule has 3 N–H and O–H groups in total. The molecule has 0 spiro atoms. The van der Waals surface area contributed by atoms with E-state index in [1.807, 2.05) is 4.57 Å². The number of hydrogen-bond donors (Lipinski definition) is 2. The zero-order valence-electron chi connectivity index (χ0n) is 8.04. The highest BCUT2D eigenvalue weighted by molar-refractivity contribution is 5.81. The van der Waals surface area contributed by atoms with Gasteiger partial charge in [-0.1, -0.05) is 0 Å². The number of anilines is 1. The van der Waals surface area contributed by atoms with Crippen molar-refractivity contribution in [3.05, 3.63) is 12.7 Å². The molecule has 2 aromatic heterocycles. The van der Waals surface area contributed by atoms with E-state index in [0.717, 1.165) is 12.1 Å². The predicted octanol–water partition coefficient (Wildman–Crippen LogP) is -0.0382. The van der Waals surface area contributed by atoms with Gasteiger partial charge in [-0.2, -0.15) is 0 Å². The minimum Gasteiger partial charge on any atom is -0.396 e. The first-order chi connectivity index (χ1) is 7.31. The van der Waals surface area contributed by atoms with Crippen molar-refractivity contribution in [2.45, 2.75) is 12.5 Å². The molecule has 1 aliphatic carbocycles. The average molecular weight is 205 g/mol. The van der Waals surface area contributed by atoms with Crippen LogP contribution in [0, 0.1) is 5.92 Å². The number of rotatable bonds is 2. The Balaban J connectivity index is 2.10. The van der Waals surface area contributed by atoms with E-state index in [-0.39, 0.29) is 6.61 Å². The second-order valence-electron chi connectivity index (χ2n) is 3.83. The van der Waals surface area contributed by atoms with Crippen LogP contribution in [0.25, 0.3) is 11.2 Å². The van der Waals surface area contributed by atoms with Gasteiger partial charge < -0.3 is 15.4 Å². The predicted molar refractivity (Wildman–Crippen MR) is 54.0 cm³/mol. The van der Waals surface area contributed by atoms with E-state index in [4.69, 9.17) is 10.8 Å². The Hall–Kier alpha value is -1.69. The van der Waals surface area contributed by atoms with Gasteiger partial charge in [0, 0.05) is 18.6 Å². The third-order valence-electron chi connectivity index (χ3n) is 2.86. The molecule has 2 heterocycles. The monoisotopic (exact) mass is 205 g/mol. The molecule has 2 atom stereocenters. The van der Waals surface area contributed by atoms with Crippen molar-refractivity contribution in [2.24, 2.45) is 5.92 Å². The van der Waals surface area contributed by atoms with Gasteiger partial charge in [0.1, 0.15) is 11.8 Å². The molecule has 1 aliphatic rings. The van der Waals surface area contributed by atoms with Gasteiger partial charge in [0.2, 0.25) is 0 Å². The molecule has 2 aromatic rings. The molecule has 0 aliphatic heterocycles. The fraction of sp³-hybridized carbons (Fsp3) is 0.444. The number of imidazole rings is 1. The van der Waals surface area contributed by atoms with Crippen molar-refractivity contribution in [3.8, 4) is 0 Å². The maximum Gasteiger partial charge on any atom is 0.165 e. The number of nitrogens with two attached hydrogens (primary N) is 1. The van der Waals surface area contributed by atoms with Crippen molar-refractivity contribution in [2.75, 3.05) is 12.3 Å². The molecule has 78 valence electrons. The van der Waals surface area contributed by atoms with Gasteiger partial charge in [-0.05, 0) is 6.42 Å². The molecule has 15 heavy (non-hydrogen) atoms. The van der Waals surface area contributed by atoms with Gasteiger partial charge in [0.25, 0.3) is 0 Å². The normalized spacial score (nSPS) is 24.6. The fourth-order valence-corrected chi connectivity index (χ4v) is 1.88. The highest BCUT2D eigenvalue weighted by Gasteiger charge is 2.39. The molecule has 0 aromatic carbocycles. The topological polar surface area (TPSA) is 89.9 Å². The summed E-state index contributed by atoms with van der Waals surface area (Å²) in [4.78, 5) is 12.2. The third kappa shape index (κ3) is 1.18. The summed E-state index contributed by atoms with van der Waals surface area (Å²) in [7, 11) is 0. The summed E-state index contributed by atoms with van der Waals surface area (Å²) in [6.07, 6.45) is 4.13. The van der Waals surface area contributed by atoms with Gasteiger partial charge >= 0.3 is 0 Å². The summed E-state index contributed by atoms with van der Waals surface area (Å²) >= 11 is 0. The van der Waals surface area contributed by atoms with E-state index in [9.17, 15) is 0 Å². The standard InChI is InChI=1S/C9H11N5O/c10-8-7-9(12-3-11-8)14(4-13-7)6-1-5(6)2-15/h3-6,15H,1-2H2,(H2,10,11,12)/t5-,6-/m0/s1. The number of hydrogen-bond acceptors (Lipinski definition) is 5. The number of nitrogens with zero attached hydrogens (tertiary/aromatic N) is 4.